The lowest BCUT2D eigenvalue weighted by Crippen LogP contribution is -2.24. The number of nitrogens with zero attached hydrogens (tertiary/aromatic N) is 4. The van der Waals surface area contributed by atoms with Gasteiger partial charge in [-0.15, -0.1) is 10.2 Å². The van der Waals surface area contributed by atoms with Crippen LogP contribution in [0.25, 0.3) is 0 Å². The summed E-state index contributed by atoms with van der Waals surface area (Å²) in [4.78, 5) is 15.3. The number of tetrazole rings is 1. The summed E-state index contributed by atoms with van der Waals surface area (Å²) >= 11 is 0. The number of hydrogen-bond donors (Lipinski definition) is 1. The van der Waals surface area contributed by atoms with Gasteiger partial charge in [-0.1, -0.05) is 95.0 Å². The lowest BCUT2D eigenvalue weighted by Gasteiger charge is -2.18. The summed E-state index contributed by atoms with van der Waals surface area (Å²) in [5.41, 5.74) is 1.17. The highest BCUT2D eigenvalue weighted by Crippen LogP contribution is 2.39. The van der Waals surface area contributed by atoms with Crippen LogP contribution in [0.3, 0.4) is 0 Å². The van der Waals surface area contributed by atoms with Gasteiger partial charge >= 0.3 is 0 Å². The molecular formula is C30H43N5O4. The van der Waals surface area contributed by atoms with Crippen LogP contribution < -0.4 is 19.5 Å². The zero-order chi connectivity index (χ0) is 27.9. The minimum absolute atomic E-state index is 0.318. The van der Waals surface area contributed by atoms with Crippen molar-refractivity contribution in [2.45, 2.75) is 83.6 Å². The number of aromatic nitrogens is 4. The van der Waals surface area contributed by atoms with E-state index >= 15 is 0 Å². The van der Waals surface area contributed by atoms with E-state index < -0.39 is 5.92 Å². The van der Waals surface area contributed by atoms with Crippen LogP contribution in [0.4, 0.5) is 5.69 Å². The summed E-state index contributed by atoms with van der Waals surface area (Å²) in [6.45, 7) is 2.92. The van der Waals surface area contributed by atoms with Crippen LogP contribution in [0, 0.1) is 0 Å². The Kier molecular flexibility index (Phi) is 12.6. The van der Waals surface area contributed by atoms with Gasteiger partial charge in [0.1, 0.15) is 28.9 Å². The van der Waals surface area contributed by atoms with E-state index in [1.807, 2.05) is 30.3 Å². The Morgan fingerprint density at radius 2 is 1.44 bits per heavy atom. The molecule has 0 saturated carbocycles. The number of aryl methyl sites for hydroxylation is 1. The van der Waals surface area contributed by atoms with Crippen LogP contribution in [0.1, 0.15) is 88.4 Å². The number of methoxy groups -OCH3 is 3. The summed E-state index contributed by atoms with van der Waals surface area (Å²) in [5.74, 6) is 0.661. The van der Waals surface area contributed by atoms with E-state index in [1.165, 1.54) is 65.6 Å². The van der Waals surface area contributed by atoms with E-state index in [2.05, 4.69) is 27.7 Å². The third kappa shape index (κ3) is 8.97. The highest BCUT2D eigenvalue weighted by molar-refractivity contribution is 6.00. The largest absolute Gasteiger partial charge is 0.496 e. The molecule has 1 atom stereocenters. The Balaban J connectivity index is 1.65. The Morgan fingerprint density at radius 3 is 2.00 bits per heavy atom. The molecule has 0 bridgehead atoms. The molecule has 0 aliphatic carbocycles. The van der Waals surface area contributed by atoms with Crippen molar-refractivity contribution in [2.24, 2.45) is 0 Å². The van der Waals surface area contributed by atoms with E-state index in [9.17, 15) is 4.79 Å². The molecule has 9 nitrogen and oxygen atoms in total. The predicted molar refractivity (Wildman–Crippen MR) is 153 cm³/mol. The summed E-state index contributed by atoms with van der Waals surface area (Å²) in [6.07, 6.45) is 12.6. The quantitative estimate of drug-likeness (QED) is 0.188. The van der Waals surface area contributed by atoms with Crippen LogP contribution in [0.15, 0.2) is 42.5 Å². The molecule has 1 aromatic heterocycles. The van der Waals surface area contributed by atoms with Crippen LogP contribution in [-0.2, 0) is 11.3 Å². The molecule has 0 saturated heterocycles. The average molecular weight is 538 g/mol. The molecule has 1 N–H and O–H groups in total. The highest BCUT2D eigenvalue weighted by Gasteiger charge is 2.29. The minimum atomic E-state index is -0.760. The summed E-state index contributed by atoms with van der Waals surface area (Å²) in [7, 11) is 4.61. The van der Waals surface area contributed by atoms with Crippen LogP contribution in [-0.4, -0.2) is 47.4 Å². The number of hydrogen-bond acceptors (Lipinski definition) is 7. The van der Waals surface area contributed by atoms with Crippen LogP contribution in [0.2, 0.25) is 0 Å². The summed E-state index contributed by atoms with van der Waals surface area (Å²) in [6, 6.07) is 12.8. The molecule has 3 rings (SSSR count). The predicted octanol–water partition coefficient (Wildman–Crippen LogP) is 6.39. The van der Waals surface area contributed by atoms with Crippen molar-refractivity contribution in [1.82, 2.24) is 20.2 Å². The second-order valence-corrected chi connectivity index (χ2v) is 9.67. The molecule has 0 spiro atoms. The lowest BCUT2D eigenvalue weighted by atomic mass is 9.97. The molecule has 212 valence electrons. The molecule has 1 heterocycles. The van der Waals surface area contributed by atoms with Crippen molar-refractivity contribution < 1.29 is 19.0 Å². The van der Waals surface area contributed by atoms with Crippen molar-refractivity contribution >= 4 is 11.6 Å². The number of carbonyl (C=O) groups is 1. The number of rotatable bonds is 18. The molecule has 1 unspecified atom stereocenters. The van der Waals surface area contributed by atoms with Gasteiger partial charge in [0.05, 0.1) is 27.9 Å². The maximum absolute atomic E-state index is 13.7. The number of ether oxygens (including phenoxy) is 3. The fraction of sp³-hybridized carbons (Fsp3) is 0.533. The monoisotopic (exact) mass is 537 g/mol. The molecule has 0 fully saturated rings. The second-order valence-electron chi connectivity index (χ2n) is 9.67. The van der Waals surface area contributed by atoms with E-state index in [1.54, 1.807) is 24.0 Å². The molecule has 0 aliphatic heterocycles. The Labute approximate surface area is 232 Å². The van der Waals surface area contributed by atoms with Gasteiger partial charge in [0, 0.05) is 12.1 Å². The van der Waals surface area contributed by atoms with E-state index in [0.29, 0.717) is 35.3 Å². The smallest absolute Gasteiger partial charge is 0.240 e. The summed E-state index contributed by atoms with van der Waals surface area (Å²) < 4.78 is 16.3. The molecule has 9 heteroatoms. The highest BCUT2D eigenvalue weighted by atomic mass is 16.5. The standard InChI is InChI=1S/C30H43N5O4/c1-5-6-7-8-9-10-11-12-13-17-20-35-33-29(32-34-35)27(23-18-15-14-16-19-23)30(36)31-28-25(38-3)21-24(37-2)22-26(28)39-4/h14-16,18-19,21-22,27H,5-13,17,20H2,1-4H3,(H,31,36). The van der Waals surface area contributed by atoms with Crippen molar-refractivity contribution in [2.75, 3.05) is 26.6 Å². The maximum atomic E-state index is 13.7. The van der Waals surface area contributed by atoms with E-state index in [0.717, 1.165) is 18.4 Å². The van der Waals surface area contributed by atoms with Gasteiger partial charge in [-0.05, 0) is 17.2 Å². The van der Waals surface area contributed by atoms with Crippen molar-refractivity contribution in [3.05, 3.63) is 53.9 Å². The SMILES string of the molecule is CCCCCCCCCCCCn1nnc(C(C(=O)Nc2c(OC)cc(OC)cc2OC)c2ccccc2)n1. The Bertz CT molecular complexity index is 1110. The fourth-order valence-electron chi connectivity index (χ4n) is 4.59. The number of amides is 1. The van der Waals surface area contributed by atoms with Gasteiger partial charge < -0.3 is 19.5 Å². The van der Waals surface area contributed by atoms with Gasteiger partial charge in [0.25, 0.3) is 0 Å². The first-order chi connectivity index (χ1) is 19.1. The van der Waals surface area contributed by atoms with Crippen molar-refractivity contribution in [1.29, 1.82) is 0 Å². The Morgan fingerprint density at radius 1 is 0.846 bits per heavy atom. The first-order valence-corrected chi connectivity index (χ1v) is 14.0. The zero-order valence-electron chi connectivity index (χ0n) is 23.8. The lowest BCUT2D eigenvalue weighted by molar-refractivity contribution is -0.116. The average Bonchev–Trinajstić information content (AvgIpc) is 3.42. The molecule has 2 aromatic carbocycles. The topological polar surface area (TPSA) is 100 Å². The van der Waals surface area contributed by atoms with Gasteiger partial charge in [-0.25, -0.2) is 0 Å². The van der Waals surface area contributed by atoms with Crippen LogP contribution in [0.5, 0.6) is 17.2 Å². The molecule has 1 amide bonds. The van der Waals surface area contributed by atoms with Crippen molar-refractivity contribution in [3.8, 4) is 17.2 Å². The number of carbonyl (C=O) groups excluding carboxylic acids is 1. The Hall–Kier alpha value is -3.62. The third-order valence-corrected chi connectivity index (χ3v) is 6.80. The van der Waals surface area contributed by atoms with Gasteiger partial charge in [-0.2, -0.15) is 4.80 Å². The normalized spacial score (nSPS) is 11.7. The van der Waals surface area contributed by atoms with Crippen molar-refractivity contribution in [3.63, 3.8) is 0 Å². The third-order valence-electron chi connectivity index (χ3n) is 6.80. The molecule has 39 heavy (non-hydrogen) atoms. The fourth-order valence-corrected chi connectivity index (χ4v) is 4.59. The number of unbranched alkanes of at least 4 members (excludes halogenated alkanes) is 9. The maximum Gasteiger partial charge on any atom is 0.240 e. The summed E-state index contributed by atoms with van der Waals surface area (Å²) in [5, 5.41) is 16.1. The van der Waals surface area contributed by atoms with Gasteiger partial charge in [0.2, 0.25) is 5.91 Å². The number of anilines is 1. The molecule has 0 radical (unpaired) electrons. The first-order valence-electron chi connectivity index (χ1n) is 14.0. The molecule has 3 aromatic rings. The first kappa shape index (κ1) is 29.9. The van der Waals surface area contributed by atoms with E-state index in [4.69, 9.17) is 14.2 Å². The zero-order valence-corrected chi connectivity index (χ0v) is 23.8. The molecule has 0 aliphatic rings. The molecular weight excluding hydrogens is 494 g/mol. The van der Waals surface area contributed by atoms with Gasteiger partial charge in [0.15, 0.2) is 5.82 Å². The van der Waals surface area contributed by atoms with E-state index in [-0.39, 0.29) is 5.91 Å². The minimum Gasteiger partial charge on any atom is -0.496 e. The second kappa shape index (κ2) is 16.4. The van der Waals surface area contributed by atoms with Gasteiger partial charge in [-0.3, -0.25) is 4.79 Å². The number of benzene rings is 2. The van der Waals surface area contributed by atoms with Crippen LogP contribution >= 0.6 is 0 Å². The number of nitrogens with one attached hydrogen (secondary N) is 1.